The first-order valence-corrected chi connectivity index (χ1v) is 10.3. The van der Waals surface area contributed by atoms with E-state index in [0.29, 0.717) is 43.3 Å². The van der Waals surface area contributed by atoms with Gasteiger partial charge >= 0.3 is 0 Å². The summed E-state index contributed by atoms with van der Waals surface area (Å²) in [5.41, 5.74) is 2.16. The molecule has 1 aromatic heterocycles. The second kappa shape index (κ2) is 8.98. The Bertz CT molecular complexity index is 1020. The molecule has 4 rings (SSSR count). The van der Waals surface area contributed by atoms with Crippen LogP contribution in [0.2, 0.25) is 0 Å². The molecule has 1 aliphatic heterocycles. The van der Waals surface area contributed by atoms with E-state index < -0.39 is 0 Å². The van der Waals surface area contributed by atoms with E-state index in [4.69, 9.17) is 9.15 Å². The number of carbonyl (C=O) groups excluding carboxylic acids is 2. The number of fused-ring (bicyclic) bond motifs is 1. The Morgan fingerprint density at radius 1 is 1.17 bits per heavy atom. The highest BCUT2D eigenvalue weighted by molar-refractivity contribution is 5.94. The molecule has 1 aliphatic rings. The molecular weight excluding hydrogens is 382 g/mol. The average Bonchev–Trinajstić information content (AvgIpc) is 3.21. The van der Waals surface area contributed by atoms with Gasteiger partial charge in [0.15, 0.2) is 18.1 Å². The first-order chi connectivity index (χ1) is 14.6. The first kappa shape index (κ1) is 19.9. The van der Waals surface area contributed by atoms with Gasteiger partial charge in [-0.2, -0.15) is 0 Å². The van der Waals surface area contributed by atoms with Crippen LogP contribution in [0.3, 0.4) is 0 Å². The molecule has 1 saturated heterocycles. The number of benzene rings is 2. The van der Waals surface area contributed by atoms with Gasteiger partial charge < -0.3 is 19.4 Å². The minimum Gasteiger partial charge on any atom is -0.484 e. The van der Waals surface area contributed by atoms with E-state index in [1.165, 1.54) is 0 Å². The highest BCUT2D eigenvalue weighted by atomic mass is 16.5. The maximum Gasteiger partial charge on any atom is 0.260 e. The number of oxazole rings is 1. The molecule has 156 valence electrons. The summed E-state index contributed by atoms with van der Waals surface area (Å²) in [4.78, 5) is 31.2. The summed E-state index contributed by atoms with van der Waals surface area (Å²) in [6.07, 6.45) is 1.99. The van der Waals surface area contributed by atoms with E-state index in [1.807, 2.05) is 55.5 Å². The number of piperidine rings is 1. The molecule has 7 nitrogen and oxygen atoms in total. The Kier molecular flexibility index (Phi) is 5.97. The summed E-state index contributed by atoms with van der Waals surface area (Å²) in [6.45, 7) is 3.10. The number of aromatic nitrogens is 1. The maximum absolute atomic E-state index is 12.7. The molecule has 0 aliphatic carbocycles. The van der Waals surface area contributed by atoms with Crippen molar-refractivity contribution >= 4 is 28.6 Å². The van der Waals surface area contributed by atoms with Crippen molar-refractivity contribution in [3.63, 3.8) is 0 Å². The minimum absolute atomic E-state index is 0.0122. The molecule has 2 heterocycles. The van der Waals surface area contributed by atoms with Gasteiger partial charge in [-0.1, -0.05) is 25.1 Å². The summed E-state index contributed by atoms with van der Waals surface area (Å²) in [5.74, 6) is 1.16. The Hall–Kier alpha value is -3.35. The predicted molar refractivity (Wildman–Crippen MR) is 113 cm³/mol. The van der Waals surface area contributed by atoms with Crippen molar-refractivity contribution in [2.24, 2.45) is 5.92 Å². The van der Waals surface area contributed by atoms with Crippen LogP contribution in [0.1, 0.15) is 25.7 Å². The quantitative estimate of drug-likeness (QED) is 0.674. The van der Waals surface area contributed by atoms with Gasteiger partial charge in [0.2, 0.25) is 5.91 Å². The second-order valence-corrected chi connectivity index (χ2v) is 7.39. The monoisotopic (exact) mass is 407 g/mol. The fourth-order valence-corrected chi connectivity index (χ4v) is 3.59. The average molecular weight is 407 g/mol. The number of hydrogen-bond acceptors (Lipinski definition) is 5. The summed E-state index contributed by atoms with van der Waals surface area (Å²) in [5, 5.41) is 2.97. The third-order valence-corrected chi connectivity index (χ3v) is 5.33. The minimum atomic E-state index is -0.122. The van der Waals surface area contributed by atoms with Gasteiger partial charge in [-0.3, -0.25) is 9.59 Å². The summed E-state index contributed by atoms with van der Waals surface area (Å²) in [6, 6.07) is 14.8. The van der Waals surface area contributed by atoms with Crippen molar-refractivity contribution in [2.45, 2.75) is 26.2 Å². The van der Waals surface area contributed by atoms with Gasteiger partial charge in [-0.25, -0.2) is 4.98 Å². The largest absolute Gasteiger partial charge is 0.484 e. The zero-order valence-corrected chi connectivity index (χ0v) is 17.0. The lowest BCUT2D eigenvalue weighted by atomic mass is 9.95. The SMILES string of the molecule is CCc1nc2cc(NC(=O)C3CCN(C(=O)COc4ccccc4)CC3)ccc2o1. The van der Waals surface area contributed by atoms with Crippen molar-refractivity contribution in [3.05, 3.63) is 54.4 Å². The number of aryl methyl sites for hydroxylation is 1. The number of rotatable bonds is 6. The normalized spacial score (nSPS) is 14.6. The molecule has 7 heteroatoms. The van der Waals surface area contributed by atoms with Crippen molar-refractivity contribution in [1.29, 1.82) is 0 Å². The first-order valence-electron chi connectivity index (χ1n) is 10.3. The Morgan fingerprint density at radius 3 is 2.67 bits per heavy atom. The summed E-state index contributed by atoms with van der Waals surface area (Å²) in [7, 11) is 0. The molecule has 0 saturated carbocycles. The number of nitrogens with one attached hydrogen (secondary N) is 1. The third-order valence-electron chi connectivity index (χ3n) is 5.33. The van der Waals surface area contributed by atoms with Crippen LogP contribution in [0, 0.1) is 5.92 Å². The summed E-state index contributed by atoms with van der Waals surface area (Å²) < 4.78 is 11.1. The van der Waals surface area contributed by atoms with Crippen LogP contribution < -0.4 is 10.1 Å². The van der Waals surface area contributed by atoms with Gasteiger partial charge in [-0.05, 0) is 43.2 Å². The Morgan fingerprint density at radius 2 is 1.93 bits per heavy atom. The van der Waals surface area contributed by atoms with Crippen LogP contribution in [0.15, 0.2) is 52.9 Å². The van der Waals surface area contributed by atoms with Crippen molar-refractivity contribution < 1.29 is 18.7 Å². The number of ether oxygens (including phenoxy) is 1. The highest BCUT2D eigenvalue weighted by Crippen LogP contribution is 2.23. The number of para-hydroxylation sites is 1. The zero-order valence-electron chi connectivity index (χ0n) is 17.0. The van der Waals surface area contributed by atoms with Gasteiger partial charge in [-0.15, -0.1) is 0 Å². The molecule has 0 bridgehead atoms. The van der Waals surface area contributed by atoms with Gasteiger partial charge in [0.1, 0.15) is 11.3 Å². The Balaban J connectivity index is 1.27. The van der Waals surface area contributed by atoms with E-state index in [2.05, 4.69) is 10.3 Å². The molecule has 0 unspecified atom stereocenters. The lowest BCUT2D eigenvalue weighted by Crippen LogP contribution is -2.43. The van der Waals surface area contributed by atoms with Crippen molar-refractivity contribution in [1.82, 2.24) is 9.88 Å². The molecule has 30 heavy (non-hydrogen) atoms. The fraction of sp³-hybridized carbons (Fsp3) is 0.348. The molecule has 2 aromatic carbocycles. The van der Waals surface area contributed by atoms with Crippen LogP contribution in [0.5, 0.6) is 5.75 Å². The molecule has 0 atom stereocenters. The number of carbonyl (C=O) groups is 2. The van der Waals surface area contributed by atoms with Gasteiger partial charge in [0.05, 0.1) is 0 Å². The molecule has 0 spiro atoms. The molecular formula is C23H25N3O4. The zero-order chi connectivity index (χ0) is 20.9. The van der Waals surface area contributed by atoms with Crippen LogP contribution in [-0.4, -0.2) is 41.4 Å². The van der Waals surface area contributed by atoms with E-state index in [9.17, 15) is 9.59 Å². The highest BCUT2D eigenvalue weighted by Gasteiger charge is 2.27. The standard InChI is InChI=1S/C23H25N3O4/c1-2-21-25-19-14-17(8-9-20(19)30-21)24-23(28)16-10-12-26(13-11-16)22(27)15-29-18-6-4-3-5-7-18/h3-9,14,16H,2,10-13,15H2,1H3,(H,24,28). The van der Waals surface area contributed by atoms with E-state index in [1.54, 1.807) is 4.90 Å². The van der Waals surface area contributed by atoms with Crippen LogP contribution in [-0.2, 0) is 16.0 Å². The van der Waals surface area contributed by atoms with Gasteiger partial charge in [0.25, 0.3) is 5.91 Å². The van der Waals surface area contributed by atoms with E-state index >= 15 is 0 Å². The lowest BCUT2D eigenvalue weighted by Gasteiger charge is -2.31. The molecule has 2 amide bonds. The van der Waals surface area contributed by atoms with Gasteiger partial charge in [0, 0.05) is 31.1 Å². The van der Waals surface area contributed by atoms with Crippen LogP contribution in [0.25, 0.3) is 11.1 Å². The number of amides is 2. The predicted octanol–water partition coefficient (Wildman–Crippen LogP) is 3.65. The Labute approximate surface area is 175 Å². The maximum atomic E-state index is 12.7. The number of likely N-dealkylation sites (tertiary alicyclic amines) is 1. The van der Waals surface area contributed by atoms with Crippen molar-refractivity contribution in [2.75, 3.05) is 25.0 Å². The molecule has 1 fully saturated rings. The van der Waals surface area contributed by atoms with Crippen molar-refractivity contribution in [3.8, 4) is 5.75 Å². The molecule has 3 aromatic rings. The van der Waals surface area contributed by atoms with E-state index in [0.717, 1.165) is 17.5 Å². The second-order valence-electron chi connectivity index (χ2n) is 7.39. The number of nitrogens with zero attached hydrogens (tertiary/aromatic N) is 2. The van der Waals surface area contributed by atoms with E-state index in [-0.39, 0.29) is 24.3 Å². The van der Waals surface area contributed by atoms with Crippen LogP contribution in [0.4, 0.5) is 5.69 Å². The number of anilines is 1. The third kappa shape index (κ3) is 4.62. The molecule has 1 N–H and O–H groups in total. The van der Waals surface area contributed by atoms with Crippen LogP contribution >= 0.6 is 0 Å². The lowest BCUT2D eigenvalue weighted by molar-refractivity contribution is -0.136. The molecule has 0 radical (unpaired) electrons. The smallest absolute Gasteiger partial charge is 0.260 e. The number of hydrogen-bond donors (Lipinski definition) is 1. The fourth-order valence-electron chi connectivity index (χ4n) is 3.59. The summed E-state index contributed by atoms with van der Waals surface area (Å²) >= 11 is 0. The topological polar surface area (TPSA) is 84.7 Å².